The fourth-order valence-corrected chi connectivity index (χ4v) is 4.62. The lowest BCUT2D eigenvalue weighted by atomic mass is 10.1. The van der Waals surface area contributed by atoms with E-state index in [0.29, 0.717) is 27.1 Å². The van der Waals surface area contributed by atoms with Crippen LogP contribution in [-0.4, -0.2) is 32.4 Å². The number of nitrogens with zero attached hydrogens (tertiary/aromatic N) is 1. The molecular weight excluding hydrogens is 509 g/mol. The van der Waals surface area contributed by atoms with E-state index >= 15 is 0 Å². The fourth-order valence-electron chi connectivity index (χ4n) is 3.04. The quantitative estimate of drug-likeness (QED) is 0.309. The second-order valence-corrected chi connectivity index (χ2v) is 9.22. The summed E-state index contributed by atoms with van der Waals surface area (Å²) in [6, 6.07) is 11.8. The number of thiocarbonyl (C=S) groups is 1. The second-order valence-electron chi connectivity index (χ2n) is 6.73. The molecule has 0 radical (unpaired) electrons. The number of carboxylic acids is 2. The van der Waals surface area contributed by atoms with E-state index in [4.69, 9.17) is 39.8 Å². The number of thioether (sulfide) groups is 1. The van der Waals surface area contributed by atoms with E-state index in [9.17, 15) is 24.6 Å². The minimum Gasteiger partial charge on any atom is -0.478 e. The summed E-state index contributed by atoms with van der Waals surface area (Å²) in [6.45, 7) is 0. The molecule has 1 saturated heterocycles. The van der Waals surface area contributed by atoms with E-state index in [1.54, 1.807) is 30.3 Å². The number of amides is 1. The molecule has 0 bridgehead atoms. The molecule has 166 valence electrons. The minimum atomic E-state index is -1.33. The summed E-state index contributed by atoms with van der Waals surface area (Å²) in [5, 5.41) is 19.4. The predicted octanol–water partition coefficient (Wildman–Crippen LogP) is 6.06. The second kappa shape index (κ2) is 9.03. The van der Waals surface area contributed by atoms with Gasteiger partial charge in [0.25, 0.3) is 5.91 Å². The van der Waals surface area contributed by atoms with E-state index in [-0.39, 0.29) is 26.0 Å². The molecule has 2 heterocycles. The Bertz CT molecular complexity index is 1350. The molecule has 1 fully saturated rings. The fraction of sp³-hybridized carbons (Fsp3) is 0. The zero-order valence-electron chi connectivity index (χ0n) is 16.2. The normalized spacial score (nSPS) is 14.8. The van der Waals surface area contributed by atoms with Crippen LogP contribution in [-0.2, 0) is 4.79 Å². The molecule has 7 nitrogen and oxygen atoms in total. The maximum Gasteiger partial charge on any atom is 0.335 e. The summed E-state index contributed by atoms with van der Waals surface area (Å²) in [6.07, 6.45) is 1.50. The van der Waals surface area contributed by atoms with E-state index in [0.717, 1.165) is 22.7 Å². The third kappa shape index (κ3) is 4.67. The van der Waals surface area contributed by atoms with Crippen LogP contribution in [0.5, 0.6) is 0 Å². The van der Waals surface area contributed by atoms with Crippen molar-refractivity contribution in [1.82, 2.24) is 0 Å². The lowest BCUT2D eigenvalue weighted by Gasteiger charge is -2.16. The summed E-state index contributed by atoms with van der Waals surface area (Å²) in [5.41, 5.74) is 0.192. The van der Waals surface area contributed by atoms with Gasteiger partial charge in [-0.3, -0.25) is 9.69 Å². The van der Waals surface area contributed by atoms with Crippen LogP contribution in [0.15, 0.2) is 57.9 Å². The summed E-state index contributed by atoms with van der Waals surface area (Å²) in [5.74, 6) is -2.30. The first kappa shape index (κ1) is 23.1. The van der Waals surface area contributed by atoms with Crippen molar-refractivity contribution in [2.75, 3.05) is 4.90 Å². The zero-order chi connectivity index (χ0) is 23.9. The van der Waals surface area contributed by atoms with Gasteiger partial charge in [0.1, 0.15) is 11.5 Å². The first-order valence-corrected chi connectivity index (χ1v) is 11.1. The molecular formula is C22H11Cl2NO6S2. The number of aromatic carboxylic acids is 2. The van der Waals surface area contributed by atoms with Gasteiger partial charge >= 0.3 is 11.9 Å². The molecule has 1 aromatic heterocycles. The highest BCUT2D eigenvalue weighted by atomic mass is 35.5. The average molecular weight is 520 g/mol. The summed E-state index contributed by atoms with van der Waals surface area (Å²) in [7, 11) is 0. The lowest BCUT2D eigenvalue weighted by Crippen LogP contribution is -2.28. The molecule has 3 aromatic rings. The van der Waals surface area contributed by atoms with E-state index in [2.05, 4.69) is 0 Å². The third-order valence-electron chi connectivity index (χ3n) is 4.57. The number of furan rings is 1. The first-order valence-electron chi connectivity index (χ1n) is 9.09. The topological polar surface area (TPSA) is 108 Å². The number of carbonyl (C=O) groups excluding carboxylic acids is 1. The van der Waals surface area contributed by atoms with Crippen molar-refractivity contribution in [3.05, 3.63) is 80.4 Å². The number of hydrogen-bond acceptors (Lipinski definition) is 6. The number of carbonyl (C=O) groups is 3. The van der Waals surface area contributed by atoms with Crippen molar-refractivity contribution in [3.8, 4) is 11.3 Å². The van der Waals surface area contributed by atoms with E-state index in [1.165, 1.54) is 18.2 Å². The standard InChI is InChI=1S/C22H11Cl2NO6S2/c23-15-3-1-10(8-16(15)24)17-4-2-14(31-17)9-18-19(26)25(22(32)33-18)13-6-11(20(27)28)5-12(7-13)21(29)30/h1-9H,(H,27,28)(H,29,30). The van der Waals surface area contributed by atoms with Crippen LogP contribution < -0.4 is 4.90 Å². The van der Waals surface area contributed by atoms with Gasteiger partial charge in [0, 0.05) is 11.6 Å². The highest BCUT2D eigenvalue weighted by Gasteiger charge is 2.34. The minimum absolute atomic E-state index is 0.0501. The Morgan fingerprint density at radius 2 is 1.64 bits per heavy atom. The molecule has 2 aromatic carbocycles. The van der Waals surface area contributed by atoms with Crippen molar-refractivity contribution in [2.45, 2.75) is 0 Å². The van der Waals surface area contributed by atoms with Crippen LogP contribution in [0, 0.1) is 0 Å². The van der Waals surface area contributed by atoms with Crippen molar-refractivity contribution in [1.29, 1.82) is 0 Å². The van der Waals surface area contributed by atoms with Crippen LogP contribution >= 0.6 is 47.2 Å². The summed E-state index contributed by atoms with van der Waals surface area (Å²) in [4.78, 5) is 37.1. The van der Waals surface area contributed by atoms with Crippen molar-refractivity contribution in [3.63, 3.8) is 0 Å². The van der Waals surface area contributed by atoms with Gasteiger partial charge in [0.2, 0.25) is 0 Å². The highest BCUT2D eigenvalue weighted by Crippen LogP contribution is 2.37. The van der Waals surface area contributed by atoms with E-state index < -0.39 is 17.8 Å². The monoisotopic (exact) mass is 519 g/mol. The van der Waals surface area contributed by atoms with Gasteiger partial charge < -0.3 is 14.6 Å². The molecule has 1 aliphatic heterocycles. The Hall–Kier alpha value is -3.11. The smallest absolute Gasteiger partial charge is 0.335 e. The van der Waals surface area contributed by atoms with Gasteiger partial charge in [-0.15, -0.1) is 0 Å². The Labute approximate surface area is 206 Å². The Kier molecular flexibility index (Phi) is 6.31. The Morgan fingerprint density at radius 1 is 0.970 bits per heavy atom. The number of hydrogen-bond donors (Lipinski definition) is 2. The van der Waals surface area contributed by atoms with Crippen molar-refractivity contribution >= 4 is 81.1 Å². The molecule has 2 N–H and O–H groups in total. The molecule has 4 rings (SSSR count). The zero-order valence-corrected chi connectivity index (χ0v) is 19.4. The molecule has 1 amide bonds. The van der Waals surface area contributed by atoms with Gasteiger partial charge in [0.05, 0.1) is 31.8 Å². The largest absolute Gasteiger partial charge is 0.478 e. The third-order valence-corrected chi connectivity index (χ3v) is 6.61. The van der Waals surface area contributed by atoms with Gasteiger partial charge in [-0.25, -0.2) is 9.59 Å². The average Bonchev–Trinajstić information content (AvgIpc) is 3.34. The van der Waals surface area contributed by atoms with Gasteiger partial charge in [-0.1, -0.05) is 47.2 Å². The van der Waals surface area contributed by atoms with Gasteiger partial charge in [0.15, 0.2) is 4.32 Å². The van der Waals surface area contributed by atoms with Crippen molar-refractivity contribution < 1.29 is 29.0 Å². The van der Waals surface area contributed by atoms with Crippen LogP contribution in [0.1, 0.15) is 26.5 Å². The van der Waals surface area contributed by atoms with Crippen LogP contribution in [0.25, 0.3) is 17.4 Å². The maximum atomic E-state index is 13.0. The van der Waals surface area contributed by atoms with Crippen LogP contribution in [0.4, 0.5) is 5.69 Å². The molecule has 33 heavy (non-hydrogen) atoms. The number of rotatable bonds is 5. The first-order chi connectivity index (χ1) is 15.6. The molecule has 0 unspecified atom stereocenters. The summed E-state index contributed by atoms with van der Waals surface area (Å²) >= 11 is 18.3. The SMILES string of the molecule is O=C(O)c1cc(C(=O)O)cc(N2C(=O)C(=Cc3ccc(-c4ccc(Cl)c(Cl)c4)o3)SC2=S)c1. The number of carboxylic acid groups (broad SMARTS) is 2. The summed E-state index contributed by atoms with van der Waals surface area (Å²) < 4.78 is 5.92. The van der Waals surface area contributed by atoms with Gasteiger partial charge in [-0.2, -0.15) is 0 Å². The van der Waals surface area contributed by atoms with Crippen LogP contribution in [0.2, 0.25) is 10.0 Å². The number of halogens is 2. The van der Waals surface area contributed by atoms with Crippen LogP contribution in [0.3, 0.4) is 0 Å². The molecule has 0 saturated carbocycles. The highest BCUT2D eigenvalue weighted by molar-refractivity contribution is 8.27. The molecule has 0 aliphatic carbocycles. The lowest BCUT2D eigenvalue weighted by molar-refractivity contribution is -0.113. The predicted molar refractivity (Wildman–Crippen MR) is 130 cm³/mol. The Morgan fingerprint density at radius 3 is 2.24 bits per heavy atom. The molecule has 0 spiro atoms. The van der Waals surface area contributed by atoms with Gasteiger partial charge in [-0.05, 0) is 48.5 Å². The molecule has 0 atom stereocenters. The van der Waals surface area contributed by atoms with E-state index in [1.807, 2.05) is 0 Å². The molecule has 11 heteroatoms. The number of benzene rings is 2. The molecule has 1 aliphatic rings. The number of anilines is 1. The Balaban J connectivity index is 1.65. The van der Waals surface area contributed by atoms with Crippen molar-refractivity contribution in [2.24, 2.45) is 0 Å². The maximum absolute atomic E-state index is 13.0.